The van der Waals surface area contributed by atoms with E-state index < -0.39 is 6.04 Å². The Balaban J connectivity index is 1.67. The first-order valence-corrected chi connectivity index (χ1v) is 7.36. The van der Waals surface area contributed by atoms with Crippen molar-refractivity contribution in [1.82, 2.24) is 15.3 Å². The summed E-state index contributed by atoms with van der Waals surface area (Å²) >= 11 is 0. The number of amides is 2. The van der Waals surface area contributed by atoms with Gasteiger partial charge in [-0.15, -0.1) is 0 Å². The van der Waals surface area contributed by atoms with E-state index in [1.54, 1.807) is 6.07 Å². The van der Waals surface area contributed by atoms with Crippen LogP contribution in [0.25, 0.3) is 0 Å². The molecule has 1 unspecified atom stereocenters. The molecule has 1 aliphatic rings. The highest BCUT2D eigenvalue weighted by atomic mass is 16.2. The Labute approximate surface area is 133 Å². The Morgan fingerprint density at radius 3 is 2.83 bits per heavy atom. The molecule has 2 amide bonds. The second-order valence-electron chi connectivity index (χ2n) is 5.40. The molecule has 0 aliphatic carbocycles. The van der Waals surface area contributed by atoms with Crippen molar-refractivity contribution in [3.05, 3.63) is 42.4 Å². The molecular formula is C16H17N5O2. The number of aromatic nitrogens is 2. The molecule has 1 aromatic heterocycles. The van der Waals surface area contributed by atoms with Gasteiger partial charge in [0.2, 0.25) is 11.8 Å². The highest BCUT2D eigenvalue weighted by molar-refractivity contribution is 5.99. The number of hydrogen-bond donors (Lipinski definition) is 3. The van der Waals surface area contributed by atoms with Crippen LogP contribution in [0.15, 0.2) is 36.7 Å². The van der Waals surface area contributed by atoms with Crippen LogP contribution in [0.1, 0.15) is 18.5 Å². The van der Waals surface area contributed by atoms with Crippen LogP contribution >= 0.6 is 0 Å². The fraction of sp³-hybridized carbons (Fsp3) is 0.250. The highest BCUT2D eigenvalue weighted by Crippen LogP contribution is 2.19. The van der Waals surface area contributed by atoms with Crippen LogP contribution in [0.2, 0.25) is 0 Å². The van der Waals surface area contributed by atoms with Crippen LogP contribution in [0, 0.1) is 6.92 Å². The number of hydrogen-bond acceptors (Lipinski definition) is 5. The van der Waals surface area contributed by atoms with Crippen LogP contribution in [-0.2, 0) is 9.59 Å². The SMILES string of the molecule is Cc1cc(Nc2cccc(NC(=O)C3CCC(=O)N3)c2)ncn1. The predicted molar refractivity (Wildman–Crippen MR) is 86.3 cm³/mol. The zero-order valence-electron chi connectivity index (χ0n) is 12.7. The molecule has 0 radical (unpaired) electrons. The molecule has 1 aliphatic heterocycles. The topological polar surface area (TPSA) is 96.0 Å². The molecule has 118 valence electrons. The van der Waals surface area contributed by atoms with Crippen molar-refractivity contribution in [2.45, 2.75) is 25.8 Å². The molecule has 0 bridgehead atoms. The van der Waals surface area contributed by atoms with Crippen LogP contribution in [0.3, 0.4) is 0 Å². The maximum atomic E-state index is 12.1. The third kappa shape index (κ3) is 3.82. The largest absolute Gasteiger partial charge is 0.344 e. The number of anilines is 3. The van der Waals surface area contributed by atoms with Gasteiger partial charge in [-0.2, -0.15) is 0 Å². The smallest absolute Gasteiger partial charge is 0.246 e. The van der Waals surface area contributed by atoms with Crippen molar-refractivity contribution in [3.63, 3.8) is 0 Å². The molecule has 7 heteroatoms. The number of rotatable bonds is 4. The summed E-state index contributed by atoms with van der Waals surface area (Å²) in [4.78, 5) is 31.5. The van der Waals surface area contributed by atoms with Gasteiger partial charge in [0.15, 0.2) is 0 Å². The zero-order chi connectivity index (χ0) is 16.2. The quantitative estimate of drug-likeness (QED) is 0.799. The Kier molecular flexibility index (Phi) is 4.18. The van der Waals surface area contributed by atoms with E-state index in [1.165, 1.54) is 6.33 Å². The number of carbonyl (C=O) groups is 2. The first-order chi connectivity index (χ1) is 11.1. The van der Waals surface area contributed by atoms with Gasteiger partial charge in [0.25, 0.3) is 0 Å². The lowest BCUT2D eigenvalue weighted by Gasteiger charge is -2.12. The molecule has 2 aromatic rings. The van der Waals surface area contributed by atoms with Gasteiger partial charge < -0.3 is 16.0 Å². The van der Waals surface area contributed by atoms with Crippen molar-refractivity contribution < 1.29 is 9.59 Å². The van der Waals surface area contributed by atoms with E-state index in [0.717, 1.165) is 11.4 Å². The third-order valence-electron chi connectivity index (χ3n) is 3.52. The van der Waals surface area contributed by atoms with E-state index >= 15 is 0 Å². The van der Waals surface area contributed by atoms with E-state index in [0.29, 0.717) is 24.3 Å². The number of nitrogens with one attached hydrogen (secondary N) is 3. The van der Waals surface area contributed by atoms with Gasteiger partial charge in [-0.3, -0.25) is 9.59 Å². The second kappa shape index (κ2) is 6.43. The minimum absolute atomic E-state index is 0.0836. The van der Waals surface area contributed by atoms with Gasteiger partial charge in [0, 0.05) is 29.6 Å². The van der Waals surface area contributed by atoms with E-state index in [1.807, 2.05) is 31.2 Å². The minimum Gasteiger partial charge on any atom is -0.344 e. The van der Waals surface area contributed by atoms with Gasteiger partial charge >= 0.3 is 0 Å². The Morgan fingerprint density at radius 1 is 1.26 bits per heavy atom. The van der Waals surface area contributed by atoms with Crippen molar-refractivity contribution in [3.8, 4) is 0 Å². The highest BCUT2D eigenvalue weighted by Gasteiger charge is 2.27. The third-order valence-corrected chi connectivity index (χ3v) is 3.52. The maximum absolute atomic E-state index is 12.1. The fourth-order valence-corrected chi connectivity index (χ4v) is 2.39. The Bertz CT molecular complexity index is 747. The summed E-state index contributed by atoms with van der Waals surface area (Å²) < 4.78 is 0. The number of benzene rings is 1. The first-order valence-electron chi connectivity index (χ1n) is 7.36. The standard InChI is InChI=1S/C16H17N5O2/c1-10-7-14(18-9-17-10)19-11-3-2-4-12(8-11)20-16(23)13-5-6-15(22)21-13/h2-4,7-9,13H,5-6H2,1H3,(H,20,23)(H,21,22)(H,17,18,19). The molecule has 3 N–H and O–H groups in total. The number of nitrogens with zero attached hydrogens (tertiary/aromatic N) is 2. The summed E-state index contributed by atoms with van der Waals surface area (Å²) in [7, 11) is 0. The van der Waals surface area contributed by atoms with Crippen molar-refractivity contribution >= 4 is 29.0 Å². The molecule has 3 rings (SSSR count). The van der Waals surface area contributed by atoms with Gasteiger partial charge in [0.1, 0.15) is 18.2 Å². The molecule has 23 heavy (non-hydrogen) atoms. The van der Waals surface area contributed by atoms with Gasteiger partial charge in [-0.05, 0) is 31.5 Å². The molecule has 7 nitrogen and oxygen atoms in total. The van der Waals surface area contributed by atoms with Crippen LogP contribution in [0.4, 0.5) is 17.2 Å². The van der Waals surface area contributed by atoms with Gasteiger partial charge in [0.05, 0.1) is 0 Å². The van der Waals surface area contributed by atoms with Crippen molar-refractivity contribution in [1.29, 1.82) is 0 Å². The van der Waals surface area contributed by atoms with E-state index in [-0.39, 0.29) is 11.8 Å². The Morgan fingerprint density at radius 2 is 2.09 bits per heavy atom. The van der Waals surface area contributed by atoms with Gasteiger partial charge in [-0.1, -0.05) is 6.07 Å². The lowest BCUT2D eigenvalue weighted by molar-refractivity contribution is -0.122. The van der Waals surface area contributed by atoms with Crippen molar-refractivity contribution in [2.24, 2.45) is 0 Å². The van der Waals surface area contributed by atoms with E-state index in [2.05, 4.69) is 25.9 Å². The lowest BCUT2D eigenvalue weighted by Crippen LogP contribution is -2.37. The lowest BCUT2D eigenvalue weighted by atomic mass is 10.2. The molecule has 1 saturated heterocycles. The normalized spacial score (nSPS) is 16.7. The molecule has 1 fully saturated rings. The summed E-state index contributed by atoms with van der Waals surface area (Å²) in [6.07, 6.45) is 2.42. The number of carbonyl (C=O) groups excluding carboxylic acids is 2. The fourth-order valence-electron chi connectivity index (χ4n) is 2.39. The average Bonchev–Trinajstić information content (AvgIpc) is 2.94. The first kappa shape index (κ1) is 15.0. The summed E-state index contributed by atoms with van der Waals surface area (Å²) in [5.74, 6) is 0.398. The summed E-state index contributed by atoms with van der Waals surface area (Å²) in [6, 6.07) is 8.70. The van der Waals surface area contributed by atoms with Crippen LogP contribution < -0.4 is 16.0 Å². The molecule has 2 heterocycles. The van der Waals surface area contributed by atoms with E-state index in [4.69, 9.17) is 0 Å². The molecular weight excluding hydrogens is 294 g/mol. The summed E-state index contributed by atoms with van der Waals surface area (Å²) in [5.41, 5.74) is 2.33. The molecule has 1 aromatic carbocycles. The predicted octanol–water partition coefficient (Wildman–Crippen LogP) is 1.75. The average molecular weight is 311 g/mol. The van der Waals surface area contributed by atoms with Gasteiger partial charge in [-0.25, -0.2) is 9.97 Å². The van der Waals surface area contributed by atoms with E-state index in [9.17, 15) is 9.59 Å². The monoisotopic (exact) mass is 311 g/mol. The zero-order valence-corrected chi connectivity index (χ0v) is 12.7. The second-order valence-corrected chi connectivity index (χ2v) is 5.40. The summed E-state index contributed by atoms with van der Waals surface area (Å²) in [6.45, 7) is 1.89. The van der Waals surface area contributed by atoms with Crippen molar-refractivity contribution in [2.75, 3.05) is 10.6 Å². The molecule has 0 saturated carbocycles. The minimum atomic E-state index is -0.455. The molecule has 1 atom stereocenters. The Hall–Kier alpha value is -2.96. The molecule has 0 spiro atoms. The van der Waals surface area contributed by atoms with Crippen LogP contribution in [0.5, 0.6) is 0 Å². The van der Waals surface area contributed by atoms with Crippen LogP contribution in [-0.4, -0.2) is 27.8 Å². The number of aryl methyl sites for hydroxylation is 1. The maximum Gasteiger partial charge on any atom is 0.246 e. The summed E-state index contributed by atoms with van der Waals surface area (Å²) in [5, 5.41) is 8.63.